The minimum absolute atomic E-state index is 0.622. The third-order valence-electron chi connectivity index (χ3n) is 4.49. The van der Waals surface area contributed by atoms with E-state index in [-0.39, 0.29) is 0 Å². The van der Waals surface area contributed by atoms with Gasteiger partial charge < -0.3 is 19.7 Å². The number of rotatable bonds is 6. The highest BCUT2D eigenvalue weighted by molar-refractivity contribution is 5.27. The highest BCUT2D eigenvalue weighted by Crippen LogP contribution is 2.18. The van der Waals surface area contributed by atoms with Crippen LogP contribution in [-0.2, 0) is 4.74 Å². The Balaban J connectivity index is 1.39. The molecule has 0 aliphatic carbocycles. The predicted octanol–water partition coefficient (Wildman–Crippen LogP) is 1.65. The van der Waals surface area contributed by atoms with E-state index in [4.69, 9.17) is 9.47 Å². The van der Waals surface area contributed by atoms with Crippen LogP contribution in [0.5, 0.6) is 5.75 Å². The number of anilines is 1. The standard InChI is InChI=1S/C16H26N4O2/c1-20-5-2-14(11-20)12-22-15-9-18-16(19-10-15)17-8-13-3-6-21-7-4-13/h9-10,13-14H,2-8,11-12H2,1H3,(H,17,18,19). The maximum Gasteiger partial charge on any atom is 0.222 e. The molecule has 1 aromatic rings. The summed E-state index contributed by atoms with van der Waals surface area (Å²) < 4.78 is 11.2. The number of likely N-dealkylation sites (tertiary alicyclic amines) is 1. The molecule has 1 unspecified atom stereocenters. The summed E-state index contributed by atoms with van der Waals surface area (Å²) in [6, 6.07) is 0. The first kappa shape index (κ1) is 15.5. The monoisotopic (exact) mass is 306 g/mol. The largest absolute Gasteiger partial charge is 0.490 e. The molecule has 6 nitrogen and oxygen atoms in total. The molecule has 0 amide bonds. The zero-order chi connectivity index (χ0) is 15.2. The minimum atomic E-state index is 0.622. The predicted molar refractivity (Wildman–Crippen MR) is 85.2 cm³/mol. The van der Waals surface area contributed by atoms with Crippen molar-refractivity contribution in [1.82, 2.24) is 14.9 Å². The van der Waals surface area contributed by atoms with E-state index in [9.17, 15) is 0 Å². The second-order valence-electron chi connectivity index (χ2n) is 6.41. The van der Waals surface area contributed by atoms with Crippen molar-refractivity contribution in [1.29, 1.82) is 0 Å². The Morgan fingerprint density at radius 1 is 1.23 bits per heavy atom. The van der Waals surface area contributed by atoms with Gasteiger partial charge in [0, 0.05) is 32.2 Å². The molecule has 3 heterocycles. The lowest BCUT2D eigenvalue weighted by Gasteiger charge is -2.22. The first-order chi connectivity index (χ1) is 10.8. The summed E-state index contributed by atoms with van der Waals surface area (Å²) in [4.78, 5) is 11.0. The van der Waals surface area contributed by atoms with Crippen molar-refractivity contribution in [2.45, 2.75) is 19.3 Å². The van der Waals surface area contributed by atoms with Crippen molar-refractivity contribution in [2.24, 2.45) is 11.8 Å². The minimum Gasteiger partial charge on any atom is -0.490 e. The summed E-state index contributed by atoms with van der Waals surface area (Å²) in [6.45, 7) is 5.69. The number of hydrogen-bond donors (Lipinski definition) is 1. The summed E-state index contributed by atoms with van der Waals surface area (Å²) in [5.74, 6) is 2.72. The number of aromatic nitrogens is 2. The van der Waals surface area contributed by atoms with Crippen molar-refractivity contribution in [3.63, 3.8) is 0 Å². The topological polar surface area (TPSA) is 59.5 Å². The molecule has 2 fully saturated rings. The summed E-state index contributed by atoms with van der Waals surface area (Å²) in [7, 11) is 2.15. The van der Waals surface area contributed by atoms with Gasteiger partial charge >= 0.3 is 0 Å². The van der Waals surface area contributed by atoms with Crippen LogP contribution in [0, 0.1) is 11.8 Å². The molecule has 1 aromatic heterocycles. The molecule has 0 spiro atoms. The first-order valence-corrected chi connectivity index (χ1v) is 8.24. The summed E-state index contributed by atoms with van der Waals surface area (Å²) in [5.41, 5.74) is 0. The van der Waals surface area contributed by atoms with Crippen LogP contribution in [0.4, 0.5) is 5.95 Å². The van der Waals surface area contributed by atoms with Gasteiger partial charge in [-0.25, -0.2) is 9.97 Å². The fraction of sp³-hybridized carbons (Fsp3) is 0.750. The van der Waals surface area contributed by atoms with E-state index in [0.29, 0.717) is 17.8 Å². The highest BCUT2D eigenvalue weighted by atomic mass is 16.5. The fourth-order valence-corrected chi connectivity index (χ4v) is 3.04. The molecule has 122 valence electrons. The molecule has 1 atom stereocenters. The molecule has 1 N–H and O–H groups in total. The van der Waals surface area contributed by atoms with Crippen LogP contribution in [0.25, 0.3) is 0 Å². The van der Waals surface area contributed by atoms with Gasteiger partial charge in [-0.05, 0) is 38.8 Å². The Kier molecular flexibility index (Phi) is 5.45. The third kappa shape index (κ3) is 4.55. The van der Waals surface area contributed by atoms with Gasteiger partial charge in [-0.2, -0.15) is 0 Å². The van der Waals surface area contributed by atoms with E-state index in [0.717, 1.165) is 51.5 Å². The number of nitrogens with zero attached hydrogens (tertiary/aromatic N) is 3. The quantitative estimate of drug-likeness (QED) is 0.862. The lowest BCUT2D eigenvalue weighted by molar-refractivity contribution is 0.0699. The van der Waals surface area contributed by atoms with Crippen LogP contribution in [-0.4, -0.2) is 61.4 Å². The average Bonchev–Trinajstić information content (AvgIpc) is 2.98. The molecule has 2 aliphatic rings. The Hall–Kier alpha value is -1.40. The van der Waals surface area contributed by atoms with Crippen molar-refractivity contribution in [3.8, 4) is 5.75 Å². The van der Waals surface area contributed by atoms with E-state index < -0.39 is 0 Å². The normalized spacial score (nSPS) is 23.6. The maximum atomic E-state index is 5.79. The summed E-state index contributed by atoms with van der Waals surface area (Å²) >= 11 is 0. The number of ether oxygens (including phenoxy) is 2. The first-order valence-electron chi connectivity index (χ1n) is 8.24. The van der Waals surface area contributed by atoms with Crippen LogP contribution in [0.3, 0.4) is 0 Å². The lowest BCUT2D eigenvalue weighted by Crippen LogP contribution is -2.23. The molecule has 2 saturated heterocycles. The third-order valence-corrected chi connectivity index (χ3v) is 4.49. The molecular formula is C16H26N4O2. The molecule has 6 heteroatoms. The van der Waals surface area contributed by atoms with E-state index >= 15 is 0 Å². The summed E-state index contributed by atoms with van der Waals surface area (Å²) in [6.07, 6.45) is 6.96. The van der Waals surface area contributed by atoms with Crippen molar-refractivity contribution in [3.05, 3.63) is 12.4 Å². The molecule has 0 saturated carbocycles. The van der Waals surface area contributed by atoms with E-state index in [1.807, 2.05) is 0 Å². The Morgan fingerprint density at radius 2 is 2.00 bits per heavy atom. The molecule has 3 rings (SSSR count). The second kappa shape index (κ2) is 7.74. The lowest BCUT2D eigenvalue weighted by atomic mass is 10.0. The van der Waals surface area contributed by atoms with Gasteiger partial charge in [0.25, 0.3) is 0 Å². The van der Waals surface area contributed by atoms with Crippen molar-refractivity contribution >= 4 is 5.95 Å². The maximum absolute atomic E-state index is 5.79. The van der Waals surface area contributed by atoms with Crippen molar-refractivity contribution in [2.75, 3.05) is 51.8 Å². The van der Waals surface area contributed by atoms with Crippen LogP contribution in [0.15, 0.2) is 12.4 Å². The average molecular weight is 306 g/mol. The second-order valence-corrected chi connectivity index (χ2v) is 6.41. The van der Waals surface area contributed by atoms with Gasteiger partial charge in [-0.1, -0.05) is 0 Å². The highest BCUT2D eigenvalue weighted by Gasteiger charge is 2.20. The van der Waals surface area contributed by atoms with Gasteiger partial charge in [-0.15, -0.1) is 0 Å². The number of hydrogen-bond acceptors (Lipinski definition) is 6. The zero-order valence-electron chi connectivity index (χ0n) is 13.3. The van der Waals surface area contributed by atoms with Gasteiger partial charge in [0.2, 0.25) is 5.95 Å². The number of nitrogens with one attached hydrogen (secondary N) is 1. The fourth-order valence-electron chi connectivity index (χ4n) is 3.04. The van der Waals surface area contributed by atoms with Gasteiger partial charge in [0.05, 0.1) is 19.0 Å². The molecule has 0 radical (unpaired) electrons. The van der Waals surface area contributed by atoms with Crippen LogP contribution in [0.2, 0.25) is 0 Å². The zero-order valence-corrected chi connectivity index (χ0v) is 13.3. The summed E-state index contributed by atoms with van der Waals surface area (Å²) in [5, 5.41) is 3.30. The van der Waals surface area contributed by atoms with Crippen LogP contribution in [0.1, 0.15) is 19.3 Å². The Morgan fingerprint density at radius 3 is 2.68 bits per heavy atom. The van der Waals surface area contributed by atoms with Crippen molar-refractivity contribution < 1.29 is 9.47 Å². The molecule has 0 aromatic carbocycles. The smallest absolute Gasteiger partial charge is 0.222 e. The molecular weight excluding hydrogens is 280 g/mol. The Bertz CT molecular complexity index is 420. The van der Waals surface area contributed by atoms with E-state index in [1.54, 1.807) is 12.4 Å². The van der Waals surface area contributed by atoms with Gasteiger partial charge in [0.15, 0.2) is 5.75 Å². The van der Waals surface area contributed by atoms with E-state index in [2.05, 4.69) is 27.2 Å². The van der Waals surface area contributed by atoms with Gasteiger partial charge in [-0.3, -0.25) is 0 Å². The Labute approximate surface area is 132 Å². The van der Waals surface area contributed by atoms with E-state index in [1.165, 1.54) is 13.0 Å². The van der Waals surface area contributed by atoms with Crippen LogP contribution >= 0.6 is 0 Å². The molecule has 2 aliphatic heterocycles. The SMILES string of the molecule is CN1CCC(COc2cnc(NCC3CCOCC3)nc2)C1. The molecule has 22 heavy (non-hydrogen) atoms. The molecule has 0 bridgehead atoms. The van der Waals surface area contributed by atoms with Crippen LogP contribution < -0.4 is 10.1 Å². The van der Waals surface area contributed by atoms with Gasteiger partial charge in [0.1, 0.15) is 0 Å².